The van der Waals surface area contributed by atoms with E-state index < -0.39 is 17.8 Å². The van der Waals surface area contributed by atoms with E-state index in [1.807, 2.05) is 0 Å². The molecule has 0 spiro atoms. The van der Waals surface area contributed by atoms with Gasteiger partial charge in [-0.2, -0.15) is 5.10 Å². The Morgan fingerprint density at radius 3 is 2.61 bits per heavy atom. The summed E-state index contributed by atoms with van der Waals surface area (Å²) < 4.78 is 25.7. The molecule has 2 N–H and O–H groups in total. The number of carbonyl (C=O) groups excluding carboxylic acids is 2. The largest absolute Gasteiger partial charge is 0.465 e. The van der Waals surface area contributed by atoms with Gasteiger partial charge in [-0.3, -0.25) is 4.68 Å². The van der Waals surface area contributed by atoms with Gasteiger partial charge in [0, 0.05) is 16.8 Å². The fourth-order valence-corrected chi connectivity index (χ4v) is 4.91. The summed E-state index contributed by atoms with van der Waals surface area (Å²) in [6, 6.07) is 4.45. The summed E-state index contributed by atoms with van der Waals surface area (Å²) in [5.74, 6) is -1.30. The number of thiophene rings is 1. The highest BCUT2D eigenvalue weighted by atomic mass is 79.9. The number of hydrogen-bond donors (Lipinski definition) is 2. The monoisotopic (exact) mass is 574 g/mol. The Bertz CT molecular complexity index is 1230. The third-order valence-electron chi connectivity index (χ3n) is 4.46. The van der Waals surface area contributed by atoms with Crippen LogP contribution in [0.15, 0.2) is 28.9 Å². The van der Waals surface area contributed by atoms with Crippen molar-refractivity contribution in [3.63, 3.8) is 0 Å². The molecule has 0 bridgehead atoms. The van der Waals surface area contributed by atoms with E-state index in [1.165, 1.54) is 31.0 Å². The number of rotatable bonds is 6. The Kier molecular flexibility index (Phi) is 8.05. The lowest BCUT2D eigenvalue weighted by Crippen LogP contribution is -2.20. The molecule has 2 heterocycles. The number of carbonyl (C=O) groups is 2. The molecule has 3 rings (SSSR count). The molecular weight excluding hydrogens is 559 g/mol. The van der Waals surface area contributed by atoms with Crippen LogP contribution in [-0.2, 0) is 16.0 Å². The summed E-state index contributed by atoms with van der Waals surface area (Å²) in [6.07, 6.45) is 1.64. The molecule has 13 heteroatoms. The molecule has 0 saturated carbocycles. The number of esters is 2. The first-order valence-corrected chi connectivity index (χ1v) is 11.6. The first kappa shape index (κ1) is 25.1. The normalized spacial score (nSPS) is 10.6. The molecule has 3 aromatic rings. The molecule has 0 aliphatic heterocycles. The minimum absolute atomic E-state index is 0.102. The Morgan fingerprint density at radius 2 is 1.97 bits per heavy atom. The molecule has 1 aromatic carbocycles. The molecule has 0 unspecified atom stereocenters. The van der Waals surface area contributed by atoms with Crippen molar-refractivity contribution in [2.75, 3.05) is 24.9 Å². The number of anilines is 2. The summed E-state index contributed by atoms with van der Waals surface area (Å²) in [5, 5.41) is 10.9. The average Bonchev–Trinajstić information content (AvgIpc) is 3.28. The lowest BCUT2D eigenvalue weighted by atomic mass is 10.1. The van der Waals surface area contributed by atoms with Crippen LogP contribution in [0.25, 0.3) is 0 Å². The van der Waals surface area contributed by atoms with Crippen LogP contribution >= 0.6 is 51.1 Å². The van der Waals surface area contributed by atoms with Crippen molar-refractivity contribution < 1.29 is 23.5 Å². The van der Waals surface area contributed by atoms with Crippen LogP contribution in [-0.4, -0.2) is 41.1 Å². The first-order valence-electron chi connectivity index (χ1n) is 9.20. The van der Waals surface area contributed by atoms with Gasteiger partial charge in [0.25, 0.3) is 0 Å². The van der Waals surface area contributed by atoms with Crippen LogP contribution in [0.5, 0.6) is 0 Å². The lowest BCUT2D eigenvalue weighted by Gasteiger charge is -2.09. The van der Waals surface area contributed by atoms with E-state index in [9.17, 15) is 14.0 Å². The maximum Gasteiger partial charge on any atom is 0.348 e. The van der Waals surface area contributed by atoms with Gasteiger partial charge in [-0.25, -0.2) is 14.0 Å². The number of benzene rings is 1. The maximum atomic E-state index is 14.1. The number of aromatic nitrogens is 2. The van der Waals surface area contributed by atoms with Crippen molar-refractivity contribution in [2.45, 2.75) is 13.5 Å². The molecule has 0 amide bonds. The highest BCUT2D eigenvalue weighted by Gasteiger charge is 2.26. The fraction of sp³-hybridized carbons (Fsp3) is 0.200. The third kappa shape index (κ3) is 5.52. The number of hydrogen-bond acceptors (Lipinski definition) is 7. The summed E-state index contributed by atoms with van der Waals surface area (Å²) in [5.41, 5.74) is 0.885. The zero-order chi connectivity index (χ0) is 24.3. The quantitative estimate of drug-likeness (QED) is 0.305. The van der Waals surface area contributed by atoms with Gasteiger partial charge < -0.3 is 20.1 Å². The number of nitrogens with zero attached hydrogens (tertiary/aromatic N) is 2. The number of halogens is 3. The van der Waals surface area contributed by atoms with Crippen LogP contribution in [0, 0.1) is 12.7 Å². The standard InChI is InChI=1S/C20H17BrClFN4O4S2/c1-9-14(18(28)30-2)17(33-15(9)19(29)31-3)25-20(32)24-16-11(21)8-27(26-16)7-10-12(22)5-4-6-13(10)23/h4-6,8H,7H2,1-3H3,(H2,24,25,26,32). The van der Waals surface area contributed by atoms with E-state index in [0.717, 1.165) is 11.3 Å². The Labute approximate surface area is 211 Å². The topological polar surface area (TPSA) is 94.5 Å². The third-order valence-corrected chi connectivity index (χ3v) is 6.79. The summed E-state index contributed by atoms with van der Waals surface area (Å²) in [4.78, 5) is 24.6. The van der Waals surface area contributed by atoms with Crippen LogP contribution in [0.2, 0.25) is 5.02 Å². The van der Waals surface area contributed by atoms with Crippen molar-refractivity contribution in [1.29, 1.82) is 0 Å². The number of ether oxygens (including phenoxy) is 2. The maximum absolute atomic E-state index is 14.1. The van der Waals surface area contributed by atoms with E-state index >= 15 is 0 Å². The molecule has 8 nitrogen and oxygen atoms in total. The lowest BCUT2D eigenvalue weighted by molar-refractivity contribution is 0.0601. The van der Waals surface area contributed by atoms with Crippen molar-refractivity contribution in [3.8, 4) is 0 Å². The molecule has 0 atom stereocenters. The van der Waals surface area contributed by atoms with E-state index in [4.69, 9.17) is 33.3 Å². The van der Waals surface area contributed by atoms with Gasteiger partial charge in [0.1, 0.15) is 15.7 Å². The zero-order valence-electron chi connectivity index (χ0n) is 17.5. The fourth-order valence-electron chi connectivity index (χ4n) is 2.89. The second kappa shape index (κ2) is 10.6. The van der Waals surface area contributed by atoms with Gasteiger partial charge in [-0.05, 0) is 52.8 Å². The highest BCUT2D eigenvalue weighted by Crippen LogP contribution is 2.34. The molecule has 0 fully saturated rings. The Balaban J connectivity index is 1.80. The van der Waals surface area contributed by atoms with Crippen molar-refractivity contribution >= 4 is 79.0 Å². The van der Waals surface area contributed by atoms with Gasteiger partial charge in [0.2, 0.25) is 0 Å². The van der Waals surface area contributed by atoms with Crippen molar-refractivity contribution in [2.24, 2.45) is 0 Å². The molecule has 0 aliphatic rings. The Morgan fingerprint density at radius 1 is 1.27 bits per heavy atom. The molecule has 0 saturated heterocycles. The van der Waals surface area contributed by atoms with E-state index in [-0.39, 0.29) is 27.1 Å². The number of thiocarbonyl (C=S) groups is 1. The van der Waals surface area contributed by atoms with Crippen LogP contribution in [0.4, 0.5) is 15.2 Å². The molecule has 174 valence electrons. The smallest absolute Gasteiger partial charge is 0.348 e. The van der Waals surface area contributed by atoms with E-state index in [2.05, 4.69) is 31.7 Å². The van der Waals surface area contributed by atoms with Gasteiger partial charge in [-0.15, -0.1) is 11.3 Å². The SMILES string of the molecule is COC(=O)c1sc(NC(=S)Nc2nn(Cc3c(F)cccc3Cl)cc2Br)c(C(=O)OC)c1C. The highest BCUT2D eigenvalue weighted by molar-refractivity contribution is 9.10. The molecule has 2 aromatic heterocycles. The van der Waals surface area contributed by atoms with Crippen LogP contribution in [0.1, 0.15) is 31.2 Å². The molecule has 0 radical (unpaired) electrons. The van der Waals surface area contributed by atoms with Crippen LogP contribution in [0.3, 0.4) is 0 Å². The minimum Gasteiger partial charge on any atom is -0.465 e. The molecular formula is C20H17BrClFN4O4S2. The second-order valence-electron chi connectivity index (χ2n) is 6.55. The predicted molar refractivity (Wildman–Crippen MR) is 132 cm³/mol. The van der Waals surface area contributed by atoms with Crippen LogP contribution < -0.4 is 10.6 Å². The van der Waals surface area contributed by atoms with Crippen molar-refractivity contribution in [1.82, 2.24) is 9.78 Å². The number of nitrogens with one attached hydrogen (secondary N) is 2. The van der Waals surface area contributed by atoms with Crippen molar-refractivity contribution in [3.05, 3.63) is 61.3 Å². The van der Waals surface area contributed by atoms with Gasteiger partial charge in [-0.1, -0.05) is 17.7 Å². The van der Waals surface area contributed by atoms with E-state index in [1.54, 1.807) is 19.2 Å². The van der Waals surface area contributed by atoms with E-state index in [0.29, 0.717) is 26.4 Å². The second-order valence-corrected chi connectivity index (χ2v) is 9.24. The average molecular weight is 576 g/mol. The Hall–Kier alpha value is -2.54. The minimum atomic E-state index is -0.628. The van der Waals surface area contributed by atoms with Gasteiger partial charge in [0.05, 0.1) is 30.8 Å². The molecule has 33 heavy (non-hydrogen) atoms. The summed E-state index contributed by atoms with van der Waals surface area (Å²) in [7, 11) is 2.49. The van der Waals surface area contributed by atoms with Gasteiger partial charge >= 0.3 is 11.9 Å². The predicted octanol–water partition coefficient (Wildman–Crippen LogP) is 5.24. The first-order chi connectivity index (χ1) is 15.7. The molecule has 0 aliphatic carbocycles. The number of methoxy groups -OCH3 is 2. The summed E-state index contributed by atoms with van der Waals surface area (Å²) in [6.45, 7) is 1.72. The zero-order valence-corrected chi connectivity index (χ0v) is 21.5. The summed E-state index contributed by atoms with van der Waals surface area (Å²) >= 11 is 15.8. The van der Waals surface area contributed by atoms with Gasteiger partial charge in [0.15, 0.2) is 10.9 Å².